The number of aryl methyl sites for hydroxylation is 1. The summed E-state index contributed by atoms with van der Waals surface area (Å²) >= 11 is 0. The van der Waals surface area contributed by atoms with Crippen LogP contribution in [0.4, 0.5) is 0 Å². The average molecular weight is 249 g/mol. The number of rotatable bonds is 5. The Kier molecular flexibility index (Phi) is 3.35. The van der Waals surface area contributed by atoms with E-state index in [1.54, 1.807) is 0 Å². The van der Waals surface area contributed by atoms with Crippen LogP contribution >= 0.6 is 0 Å². The van der Waals surface area contributed by atoms with Gasteiger partial charge in [-0.3, -0.25) is 11.3 Å². The molecule has 0 radical (unpaired) electrons. The van der Waals surface area contributed by atoms with Crippen LogP contribution in [-0.4, -0.2) is 15.0 Å². The van der Waals surface area contributed by atoms with Crippen molar-refractivity contribution in [2.75, 3.05) is 0 Å². The molecule has 2 fully saturated rings. The normalized spacial score (nSPS) is 32.0. The molecular formula is C13H23N5. The first-order valence-electron chi connectivity index (χ1n) is 7.18. The number of hydrogen-bond donors (Lipinski definition) is 2. The summed E-state index contributed by atoms with van der Waals surface area (Å²) in [5.74, 6) is 8.28. The molecule has 4 unspecified atom stereocenters. The summed E-state index contributed by atoms with van der Waals surface area (Å²) in [7, 11) is 0. The summed E-state index contributed by atoms with van der Waals surface area (Å²) in [4.78, 5) is 0. The molecule has 0 saturated heterocycles. The fourth-order valence-electron chi connectivity index (χ4n) is 4.02. The topological polar surface area (TPSA) is 68.8 Å². The van der Waals surface area contributed by atoms with Gasteiger partial charge in [-0.1, -0.05) is 18.6 Å². The largest absolute Gasteiger partial charge is 0.271 e. The first-order chi connectivity index (χ1) is 8.83. The lowest BCUT2D eigenvalue weighted by atomic mass is 9.82. The molecule has 2 bridgehead atoms. The summed E-state index contributed by atoms with van der Waals surface area (Å²) in [6, 6.07) is 0.224. The van der Waals surface area contributed by atoms with Gasteiger partial charge in [0.2, 0.25) is 0 Å². The molecule has 5 nitrogen and oxygen atoms in total. The molecule has 1 aromatic rings. The van der Waals surface area contributed by atoms with Gasteiger partial charge in [0.25, 0.3) is 0 Å². The van der Waals surface area contributed by atoms with E-state index in [4.69, 9.17) is 5.84 Å². The SMILES string of the molecule is CCCn1nncc1C(NN)C1CC2CCC1C2. The van der Waals surface area contributed by atoms with Gasteiger partial charge in [-0.05, 0) is 43.4 Å². The Balaban J connectivity index is 1.81. The van der Waals surface area contributed by atoms with Gasteiger partial charge in [-0.15, -0.1) is 5.10 Å². The molecule has 0 aromatic carbocycles. The van der Waals surface area contributed by atoms with Crippen molar-refractivity contribution in [3.63, 3.8) is 0 Å². The van der Waals surface area contributed by atoms with Gasteiger partial charge < -0.3 is 0 Å². The fourth-order valence-corrected chi connectivity index (χ4v) is 4.02. The smallest absolute Gasteiger partial charge is 0.0772 e. The van der Waals surface area contributed by atoms with E-state index in [9.17, 15) is 0 Å². The van der Waals surface area contributed by atoms with E-state index in [-0.39, 0.29) is 6.04 Å². The van der Waals surface area contributed by atoms with Gasteiger partial charge in [-0.25, -0.2) is 4.68 Å². The molecule has 5 heteroatoms. The quantitative estimate of drug-likeness (QED) is 0.614. The molecule has 0 amide bonds. The second-order valence-electron chi connectivity index (χ2n) is 5.87. The van der Waals surface area contributed by atoms with Gasteiger partial charge in [0.15, 0.2) is 0 Å². The predicted molar refractivity (Wildman–Crippen MR) is 69.3 cm³/mol. The lowest BCUT2D eigenvalue weighted by molar-refractivity contribution is 0.242. The van der Waals surface area contributed by atoms with Crippen LogP contribution < -0.4 is 11.3 Å². The molecular weight excluding hydrogens is 226 g/mol. The molecule has 4 atom stereocenters. The Morgan fingerprint density at radius 1 is 1.50 bits per heavy atom. The monoisotopic (exact) mass is 249 g/mol. The highest BCUT2D eigenvalue weighted by molar-refractivity contribution is 5.08. The minimum Gasteiger partial charge on any atom is -0.271 e. The Bertz CT molecular complexity index is 402. The van der Waals surface area contributed by atoms with Crippen LogP contribution in [0.3, 0.4) is 0 Å². The second kappa shape index (κ2) is 4.97. The summed E-state index contributed by atoms with van der Waals surface area (Å²) in [5.41, 5.74) is 4.19. The summed E-state index contributed by atoms with van der Waals surface area (Å²) < 4.78 is 2.01. The van der Waals surface area contributed by atoms with Crippen molar-refractivity contribution in [2.45, 2.75) is 51.6 Å². The van der Waals surface area contributed by atoms with Gasteiger partial charge in [0.1, 0.15) is 0 Å². The van der Waals surface area contributed by atoms with E-state index in [2.05, 4.69) is 22.7 Å². The lowest BCUT2D eigenvalue weighted by Gasteiger charge is -2.30. The second-order valence-corrected chi connectivity index (χ2v) is 5.87. The number of nitrogens with two attached hydrogens (primary N) is 1. The third kappa shape index (κ3) is 1.95. The minimum atomic E-state index is 0.224. The van der Waals surface area contributed by atoms with E-state index in [1.807, 2.05) is 10.9 Å². The van der Waals surface area contributed by atoms with E-state index >= 15 is 0 Å². The number of aromatic nitrogens is 3. The van der Waals surface area contributed by atoms with Crippen molar-refractivity contribution >= 4 is 0 Å². The number of nitrogens with zero attached hydrogens (tertiary/aromatic N) is 3. The zero-order valence-corrected chi connectivity index (χ0v) is 11.0. The Labute approximate surface area is 108 Å². The van der Waals surface area contributed by atoms with Crippen molar-refractivity contribution in [1.29, 1.82) is 0 Å². The van der Waals surface area contributed by atoms with Crippen LogP contribution in [0, 0.1) is 17.8 Å². The first-order valence-corrected chi connectivity index (χ1v) is 7.18. The summed E-state index contributed by atoms with van der Waals surface area (Å²) in [6.07, 6.45) is 8.47. The van der Waals surface area contributed by atoms with Crippen LogP contribution in [0.1, 0.15) is 50.8 Å². The first kappa shape index (κ1) is 12.1. The van der Waals surface area contributed by atoms with Gasteiger partial charge in [-0.2, -0.15) is 0 Å². The molecule has 1 heterocycles. The maximum Gasteiger partial charge on any atom is 0.0772 e. The van der Waals surface area contributed by atoms with Crippen molar-refractivity contribution in [1.82, 2.24) is 20.4 Å². The molecule has 2 saturated carbocycles. The molecule has 3 N–H and O–H groups in total. The van der Waals surface area contributed by atoms with Crippen LogP contribution in [0.25, 0.3) is 0 Å². The lowest BCUT2D eigenvalue weighted by Crippen LogP contribution is -2.37. The highest BCUT2D eigenvalue weighted by Crippen LogP contribution is 2.52. The Morgan fingerprint density at radius 2 is 2.39 bits per heavy atom. The van der Waals surface area contributed by atoms with E-state index in [0.717, 1.165) is 30.5 Å². The minimum absolute atomic E-state index is 0.224. The molecule has 3 rings (SSSR count). The van der Waals surface area contributed by atoms with Crippen LogP contribution in [-0.2, 0) is 6.54 Å². The fraction of sp³-hybridized carbons (Fsp3) is 0.846. The van der Waals surface area contributed by atoms with Gasteiger partial charge >= 0.3 is 0 Å². The van der Waals surface area contributed by atoms with Crippen LogP contribution in [0.2, 0.25) is 0 Å². The van der Waals surface area contributed by atoms with Crippen molar-refractivity contribution in [2.24, 2.45) is 23.6 Å². The number of fused-ring (bicyclic) bond motifs is 2. The number of nitrogens with one attached hydrogen (secondary N) is 1. The van der Waals surface area contributed by atoms with Gasteiger partial charge in [0, 0.05) is 6.54 Å². The summed E-state index contributed by atoms with van der Waals surface area (Å²) in [6.45, 7) is 3.09. The third-order valence-corrected chi connectivity index (χ3v) is 4.80. The Morgan fingerprint density at radius 3 is 3.00 bits per heavy atom. The molecule has 0 aliphatic heterocycles. The highest BCUT2D eigenvalue weighted by Gasteiger charge is 2.44. The predicted octanol–water partition coefficient (Wildman–Crippen LogP) is 1.63. The third-order valence-electron chi connectivity index (χ3n) is 4.80. The van der Waals surface area contributed by atoms with E-state index in [1.165, 1.54) is 25.7 Å². The van der Waals surface area contributed by atoms with E-state index < -0.39 is 0 Å². The van der Waals surface area contributed by atoms with Crippen molar-refractivity contribution < 1.29 is 0 Å². The Hall–Kier alpha value is -0.940. The number of hydrogen-bond acceptors (Lipinski definition) is 4. The van der Waals surface area contributed by atoms with Crippen LogP contribution in [0.5, 0.6) is 0 Å². The maximum atomic E-state index is 5.82. The van der Waals surface area contributed by atoms with Gasteiger partial charge in [0.05, 0.1) is 17.9 Å². The van der Waals surface area contributed by atoms with Crippen molar-refractivity contribution in [3.8, 4) is 0 Å². The zero-order chi connectivity index (χ0) is 12.5. The molecule has 18 heavy (non-hydrogen) atoms. The molecule has 1 aromatic heterocycles. The van der Waals surface area contributed by atoms with E-state index in [0.29, 0.717) is 5.92 Å². The summed E-state index contributed by atoms with van der Waals surface area (Å²) in [5, 5.41) is 8.24. The molecule has 2 aliphatic rings. The molecule has 100 valence electrons. The zero-order valence-electron chi connectivity index (χ0n) is 11.0. The average Bonchev–Trinajstić information content (AvgIpc) is 3.07. The molecule has 2 aliphatic carbocycles. The van der Waals surface area contributed by atoms with Crippen molar-refractivity contribution in [3.05, 3.63) is 11.9 Å². The number of hydrazine groups is 1. The standard InChI is InChI=1S/C13H23N5/c1-2-5-18-12(8-15-17-18)13(16-14)11-7-9-3-4-10(11)6-9/h8-11,13,16H,2-7,14H2,1H3. The molecule has 0 spiro atoms. The maximum absolute atomic E-state index is 5.82. The van der Waals surface area contributed by atoms with Crippen LogP contribution in [0.15, 0.2) is 6.20 Å². The highest BCUT2D eigenvalue weighted by atomic mass is 15.4.